The average Bonchev–Trinajstić information content (AvgIpc) is 3.13. The van der Waals surface area contributed by atoms with E-state index >= 15 is 0 Å². The smallest absolute Gasteiger partial charge is 0.266 e. The Hall–Kier alpha value is -2.54. The van der Waals surface area contributed by atoms with E-state index in [0.29, 0.717) is 35.8 Å². The van der Waals surface area contributed by atoms with Crippen molar-refractivity contribution >= 4 is 55.2 Å². The largest absolute Gasteiger partial charge is 0.372 e. The summed E-state index contributed by atoms with van der Waals surface area (Å²) in [5.74, 6) is -1.54. The summed E-state index contributed by atoms with van der Waals surface area (Å²) in [6, 6.07) is 5.87. The van der Waals surface area contributed by atoms with Gasteiger partial charge in [-0.25, -0.2) is 22.2 Å². The van der Waals surface area contributed by atoms with Gasteiger partial charge in [-0.15, -0.1) is 0 Å². The van der Waals surface area contributed by atoms with E-state index in [1.54, 1.807) is 19.0 Å². The summed E-state index contributed by atoms with van der Waals surface area (Å²) >= 11 is 6.68. The van der Waals surface area contributed by atoms with Gasteiger partial charge in [0, 0.05) is 26.2 Å². The number of benzene rings is 2. The van der Waals surface area contributed by atoms with Gasteiger partial charge in [0.2, 0.25) is 0 Å². The molecular formula is C19H19ClF3N5O2S2. The lowest BCUT2D eigenvalue weighted by Crippen LogP contribution is -2.27. The van der Waals surface area contributed by atoms with Crippen LogP contribution in [0.3, 0.4) is 0 Å². The van der Waals surface area contributed by atoms with Crippen LogP contribution in [-0.4, -0.2) is 40.6 Å². The molecule has 3 aromatic rings. The topological polar surface area (TPSA) is 86.4 Å². The Morgan fingerprint density at radius 3 is 2.56 bits per heavy atom. The average molecular weight is 506 g/mol. The van der Waals surface area contributed by atoms with Crippen LogP contribution < -0.4 is 20.3 Å². The summed E-state index contributed by atoms with van der Waals surface area (Å²) in [6.07, 6.45) is 0.840. The summed E-state index contributed by atoms with van der Waals surface area (Å²) in [4.78, 5) is 4.62. The van der Waals surface area contributed by atoms with E-state index in [1.165, 1.54) is 18.2 Å². The van der Waals surface area contributed by atoms with E-state index < -0.39 is 31.7 Å². The van der Waals surface area contributed by atoms with E-state index in [1.807, 2.05) is 4.72 Å². The predicted molar refractivity (Wildman–Crippen MR) is 121 cm³/mol. The van der Waals surface area contributed by atoms with Crippen molar-refractivity contribution in [3.8, 4) is 0 Å². The Kier molecular flexibility index (Phi) is 7.49. The van der Waals surface area contributed by atoms with Crippen LogP contribution in [0.15, 0.2) is 41.4 Å². The Morgan fingerprint density at radius 1 is 1.16 bits per heavy atom. The molecule has 0 aliphatic carbocycles. The second-order valence-electron chi connectivity index (χ2n) is 6.65. The number of nitrogens with one attached hydrogen (secondary N) is 3. The molecule has 13 heteroatoms. The van der Waals surface area contributed by atoms with Gasteiger partial charge < -0.3 is 15.5 Å². The van der Waals surface area contributed by atoms with E-state index in [0.717, 1.165) is 18.3 Å². The maximum atomic E-state index is 14.7. The molecule has 0 atom stereocenters. The number of aromatic nitrogens is 1. The fourth-order valence-corrected chi connectivity index (χ4v) is 4.92. The highest BCUT2D eigenvalue weighted by atomic mass is 35.5. The molecule has 0 spiro atoms. The monoisotopic (exact) mass is 505 g/mol. The number of thiazole rings is 1. The Labute approximate surface area is 192 Å². The number of hydrogen-bond acceptors (Lipinski definition) is 7. The number of sulfonamides is 1. The maximum absolute atomic E-state index is 14.7. The van der Waals surface area contributed by atoms with Crippen molar-refractivity contribution in [2.24, 2.45) is 0 Å². The number of rotatable bonds is 9. The van der Waals surface area contributed by atoms with Crippen LogP contribution in [0, 0.1) is 16.8 Å². The van der Waals surface area contributed by atoms with Crippen molar-refractivity contribution in [1.29, 1.82) is 0 Å². The highest BCUT2D eigenvalue weighted by molar-refractivity contribution is 7.93. The van der Waals surface area contributed by atoms with E-state index in [-0.39, 0.29) is 15.8 Å². The highest BCUT2D eigenvalue weighted by Crippen LogP contribution is 2.35. The van der Waals surface area contributed by atoms with Gasteiger partial charge in [0.1, 0.15) is 16.5 Å². The predicted octanol–water partition coefficient (Wildman–Crippen LogP) is 4.41. The fourth-order valence-electron chi connectivity index (χ4n) is 2.77. The van der Waals surface area contributed by atoms with Crippen LogP contribution in [0.25, 0.3) is 0 Å². The minimum Gasteiger partial charge on any atom is -0.372 e. The molecule has 3 N–H and O–H groups in total. The maximum Gasteiger partial charge on any atom is 0.266 e. The molecule has 0 aliphatic heterocycles. The Bertz CT molecular complexity index is 1220. The molecule has 3 rings (SSSR count). The van der Waals surface area contributed by atoms with Gasteiger partial charge in [0.05, 0.1) is 28.3 Å². The van der Waals surface area contributed by atoms with Gasteiger partial charge in [0.25, 0.3) is 10.0 Å². The lowest BCUT2D eigenvalue weighted by molar-refractivity contribution is 0.570. The van der Waals surface area contributed by atoms with Crippen molar-refractivity contribution in [2.75, 3.05) is 42.1 Å². The summed E-state index contributed by atoms with van der Waals surface area (Å²) in [7, 11) is -0.847. The molecule has 7 nitrogen and oxygen atoms in total. The van der Waals surface area contributed by atoms with Gasteiger partial charge in [-0.3, -0.25) is 4.72 Å². The van der Waals surface area contributed by atoms with Crippen molar-refractivity contribution in [3.05, 3.63) is 58.3 Å². The number of likely N-dealkylation sites (N-methyl/N-ethyl adjacent to an activating group) is 2. The zero-order valence-corrected chi connectivity index (χ0v) is 19.3. The van der Waals surface area contributed by atoms with Gasteiger partial charge in [0.15, 0.2) is 10.3 Å². The first-order chi connectivity index (χ1) is 15.1. The standard InChI is InChI=1S/C19H19ClF3N5O2S2/c1-24-5-6-28(2)16-7-11(21)3-4-14(16)26-15-9-13(22)17(8-12(15)20)32(29,30)27-19-25-10-18(23)31-19/h3-4,7-10,24,26H,5-6H2,1-2H3,(H,25,27). The number of halogens is 4. The third-order valence-corrected chi connectivity index (χ3v) is 6.84. The molecule has 0 aliphatic rings. The van der Waals surface area contributed by atoms with E-state index in [2.05, 4.69) is 15.6 Å². The quantitative estimate of drug-likeness (QED) is 0.399. The molecule has 32 heavy (non-hydrogen) atoms. The summed E-state index contributed by atoms with van der Waals surface area (Å²) in [5, 5.41) is 4.88. The number of nitrogens with zero attached hydrogens (tertiary/aromatic N) is 2. The molecule has 2 aromatic carbocycles. The summed E-state index contributed by atoms with van der Waals surface area (Å²) < 4.78 is 68.6. The van der Waals surface area contributed by atoms with Gasteiger partial charge >= 0.3 is 0 Å². The first-order valence-corrected chi connectivity index (χ1v) is 11.8. The summed E-state index contributed by atoms with van der Waals surface area (Å²) in [5.41, 5.74) is 1.03. The fraction of sp³-hybridized carbons (Fsp3) is 0.211. The Balaban J connectivity index is 1.91. The molecule has 0 saturated heterocycles. The zero-order valence-electron chi connectivity index (χ0n) is 16.9. The van der Waals surface area contributed by atoms with Crippen LogP contribution in [0.2, 0.25) is 5.02 Å². The lowest BCUT2D eigenvalue weighted by atomic mass is 10.2. The molecule has 0 unspecified atom stereocenters. The third kappa shape index (κ3) is 5.63. The normalized spacial score (nSPS) is 11.4. The third-order valence-electron chi connectivity index (χ3n) is 4.35. The minimum absolute atomic E-state index is 0.0817. The molecule has 0 amide bonds. The molecular weight excluding hydrogens is 487 g/mol. The molecule has 1 heterocycles. The van der Waals surface area contributed by atoms with E-state index in [4.69, 9.17) is 11.6 Å². The second kappa shape index (κ2) is 9.94. The minimum atomic E-state index is -4.40. The van der Waals surface area contributed by atoms with Gasteiger partial charge in [-0.05, 0) is 31.3 Å². The van der Waals surface area contributed by atoms with Gasteiger partial charge in [-0.2, -0.15) is 4.39 Å². The van der Waals surface area contributed by atoms with Crippen LogP contribution in [0.1, 0.15) is 0 Å². The highest BCUT2D eigenvalue weighted by Gasteiger charge is 2.23. The van der Waals surface area contributed by atoms with Crippen molar-refractivity contribution < 1.29 is 21.6 Å². The molecule has 0 bridgehead atoms. The van der Waals surface area contributed by atoms with Crippen LogP contribution in [-0.2, 0) is 10.0 Å². The van der Waals surface area contributed by atoms with E-state index in [9.17, 15) is 21.6 Å². The van der Waals surface area contributed by atoms with Crippen molar-refractivity contribution in [2.45, 2.75) is 4.90 Å². The molecule has 0 saturated carbocycles. The summed E-state index contributed by atoms with van der Waals surface area (Å²) in [6.45, 7) is 1.21. The van der Waals surface area contributed by atoms with Crippen LogP contribution >= 0.6 is 22.9 Å². The second-order valence-corrected chi connectivity index (χ2v) is 9.69. The van der Waals surface area contributed by atoms with Crippen molar-refractivity contribution in [1.82, 2.24) is 10.3 Å². The van der Waals surface area contributed by atoms with Crippen molar-refractivity contribution in [3.63, 3.8) is 0 Å². The first kappa shape index (κ1) is 24.1. The Morgan fingerprint density at radius 2 is 1.91 bits per heavy atom. The molecule has 0 radical (unpaired) electrons. The SMILES string of the molecule is CNCCN(C)c1cc(F)ccc1Nc1cc(F)c(S(=O)(=O)Nc2ncc(F)s2)cc1Cl. The van der Waals surface area contributed by atoms with Crippen LogP contribution in [0.4, 0.5) is 35.4 Å². The van der Waals surface area contributed by atoms with Crippen LogP contribution in [0.5, 0.6) is 0 Å². The van der Waals surface area contributed by atoms with Gasteiger partial charge in [-0.1, -0.05) is 22.9 Å². The number of anilines is 4. The molecule has 172 valence electrons. The molecule has 1 aromatic heterocycles. The lowest BCUT2D eigenvalue weighted by Gasteiger charge is -2.23. The first-order valence-electron chi connectivity index (χ1n) is 9.16. The molecule has 0 fully saturated rings. The number of hydrogen-bond donors (Lipinski definition) is 3. The zero-order chi connectivity index (χ0) is 23.5.